The fourth-order valence-electron chi connectivity index (χ4n) is 1.92. The first-order chi connectivity index (χ1) is 6.86. The molecule has 82 valence electrons. The second-order valence-electron chi connectivity index (χ2n) is 4.02. The molecular formula is C12H23NO. The van der Waals surface area contributed by atoms with Crippen LogP contribution >= 0.6 is 0 Å². The van der Waals surface area contributed by atoms with Gasteiger partial charge < -0.3 is 10.1 Å². The topological polar surface area (TPSA) is 21.3 Å². The van der Waals surface area contributed by atoms with E-state index in [9.17, 15) is 0 Å². The molecule has 2 nitrogen and oxygen atoms in total. The summed E-state index contributed by atoms with van der Waals surface area (Å²) in [5.41, 5.74) is 1.64. The second kappa shape index (κ2) is 7.02. The van der Waals surface area contributed by atoms with Crippen LogP contribution < -0.4 is 5.32 Å². The van der Waals surface area contributed by atoms with E-state index in [0.29, 0.717) is 6.04 Å². The van der Waals surface area contributed by atoms with E-state index in [1.165, 1.54) is 25.7 Å². The number of hydrogen-bond donors (Lipinski definition) is 1. The van der Waals surface area contributed by atoms with Crippen molar-refractivity contribution in [2.24, 2.45) is 0 Å². The zero-order valence-corrected chi connectivity index (χ0v) is 9.51. The van der Waals surface area contributed by atoms with Crippen LogP contribution in [0.2, 0.25) is 0 Å². The lowest BCUT2D eigenvalue weighted by Crippen LogP contribution is -2.33. The Kier molecular flexibility index (Phi) is 5.88. The number of hydrogen-bond acceptors (Lipinski definition) is 2. The SMILES string of the molecule is CCC(COC)NCCC1=CCCC1. The quantitative estimate of drug-likeness (QED) is 0.633. The molecule has 0 fully saturated rings. The average molecular weight is 197 g/mol. The van der Waals surface area contributed by atoms with Gasteiger partial charge in [0.25, 0.3) is 0 Å². The van der Waals surface area contributed by atoms with Gasteiger partial charge in [0.15, 0.2) is 0 Å². The highest BCUT2D eigenvalue weighted by molar-refractivity contribution is 5.07. The van der Waals surface area contributed by atoms with Crippen molar-refractivity contribution < 1.29 is 4.74 Å². The normalized spacial score (nSPS) is 18.3. The summed E-state index contributed by atoms with van der Waals surface area (Å²) in [7, 11) is 1.77. The molecule has 2 heteroatoms. The summed E-state index contributed by atoms with van der Waals surface area (Å²) in [5.74, 6) is 0. The van der Waals surface area contributed by atoms with Crippen molar-refractivity contribution in [3.05, 3.63) is 11.6 Å². The molecule has 1 atom stereocenters. The molecule has 1 aliphatic carbocycles. The van der Waals surface area contributed by atoms with Gasteiger partial charge in [-0.2, -0.15) is 0 Å². The number of ether oxygens (including phenoxy) is 1. The molecule has 0 saturated heterocycles. The van der Waals surface area contributed by atoms with Crippen molar-refractivity contribution in [1.82, 2.24) is 5.32 Å². The van der Waals surface area contributed by atoms with E-state index in [-0.39, 0.29) is 0 Å². The molecular weight excluding hydrogens is 174 g/mol. The highest BCUT2D eigenvalue weighted by Crippen LogP contribution is 2.19. The summed E-state index contributed by atoms with van der Waals surface area (Å²) in [6.07, 6.45) is 8.75. The van der Waals surface area contributed by atoms with Crippen molar-refractivity contribution >= 4 is 0 Å². The van der Waals surface area contributed by atoms with E-state index in [0.717, 1.165) is 19.6 Å². The molecule has 14 heavy (non-hydrogen) atoms. The maximum absolute atomic E-state index is 5.14. The van der Waals surface area contributed by atoms with E-state index >= 15 is 0 Å². The molecule has 1 N–H and O–H groups in total. The second-order valence-corrected chi connectivity index (χ2v) is 4.02. The van der Waals surface area contributed by atoms with E-state index in [4.69, 9.17) is 4.74 Å². The van der Waals surface area contributed by atoms with Gasteiger partial charge in [-0.1, -0.05) is 18.6 Å². The molecule has 0 spiro atoms. The number of methoxy groups -OCH3 is 1. The molecule has 0 saturated carbocycles. The Morgan fingerprint density at radius 1 is 1.57 bits per heavy atom. The molecule has 0 heterocycles. The van der Waals surface area contributed by atoms with Crippen LogP contribution in [-0.2, 0) is 4.74 Å². The predicted molar refractivity (Wildman–Crippen MR) is 60.5 cm³/mol. The molecule has 0 radical (unpaired) electrons. The van der Waals surface area contributed by atoms with Crippen molar-refractivity contribution in [2.45, 2.75) is 45.1 Å². The Morgan fingerprint density at radius 3 is 3.00 bits per heavy atom. The molecule has 1 rings (SSSR count). The molecule has 1 unspecified atom stereocenters. The van der Waals surface area contributed by atoms with E-state index in [2.05, 4.69) is 18.3 Å². The van der Waals surface area contributed by atoms with Crippen LogP contribution in [0.15, 0.2) is 11.6 Å². The third-order valence-electron chi connectivity index (χ3n) is 2.87. The number of rotatable bonds is 7. The van der Waals surface area contributed by atoms with Gasteiger partial charge in [0.05, 0.1) is 6.61 Å². The summed E-state index contributed by atoms with van der Waals surface area (Å²) in [6.45, 7) is 4.13. The molecule has 0 bridgehead atoms. The van der Waals surface area contributed by atoms with Gasteiger partial charge in [0.2, 0.25) is 0 Å². The Bertz CT molecular complexity index is 177. The number of allylic oxidation sites excluding steroid dienone is 1. The maximum atomic E-state index is 5.14. The molecule has 0 aliphatic heterocycles. The molecule has 0 aromatic carbocycles. The lowest BCUT2D eigenvalue weighted by atomic mass is 10.1. The first-order valence-corrected chi connectivity index (χ1v) is 5.77. The van der Waals surface area contributed by atoms with Gasteiger partial charge in [-0.3, -0.25) is 0 Å². The first-order valence-electron chi connectivity index (χ1n) is 5.77. The van der Waals surface area contributed by atoms with Gasteiger partial charge in [-0.05, 0) is 38.6 Å². The fourth-order valence-corrected chi connectivity index (χ4v) is 1.92. The lowest BCUT2D eigenvalue weighted by molar-refractivity contribution is 0.164. The van der Waals surface area contributed by atoms with Crippen molar-refractivity contribution in [3.63, 3.8) is 0 Å². The third-order valence-corrected chi connectivity index (χ3v) is 2.87. The summed E-state index contributed by atoms with van der Waals surface area (Å²) < 4.78 is 5.14. The summed E-state index contributed by atoms with van der Waals surface area (Å²) >= 11 is 0. The van der Waals surface area contributed by atoms with E-state index in [1.807, 2.05) is 0 Å². The number of nitrogens with one attached hydrogen (secondary N) is 1. The Hall–Kier alpha value is -0.340. The van der Waals surface area contributed by atoms with E-state index < -0.39 is 0 Å². The first kappa shape index (κ1) is 11.7. The van der Waals surface area contributed by atoms with Crippen LogP contribution in [0.4, 0.5) is 0 Å². The minimum atomic E-state index is 0.530. The van der Waals surface area contributed by atoms with E-state index in [1.54, 1.807) is 12.7 Å². The molecule has 1 aliphatic rings. The van der Waals surface area contributed by atoms with Crippen LogP contribution in [0.25, 0.3) is 0 Å². The Morgan fingerprint density at radius 2 is 2.43 bits per heavy atom. The monoisotopic (exact) mass is 197 g/mol. The van der Waals surface area contributed by atoms with Crippen LogP contribution in [0.1, 0.15) is 39.0 Å². The Labute approximate surface area is 87.7 Å². The van der Waals surface area contributed by atoms with Crippen LogP contribution in [0, 0.1) is 0 Å². The minimum Gasteiger partial charge on any atom is -0.383 e. The molecule has 0 amide bonds. The summed E-state index contributed by atoms with van der Waals surface area (Å²) in [4.78, 5) is 0. The summed E-state index contributed by atoms with van der Waals surface area (Å²) in [5, 5.41) is 3.53. The van der Waals surface area contributed by atoms with Crippen LogP contribution in [0.5, 0.6) is 0 Å². The van der Waals surface area contributed by atoms with Crippen molar-refractivity contribution in [3.8, 4) is 0 Å². The van der Waals surface area contributed by atoms with Gasteiger partial charge in [-0.15, -0.1) is 0 Å². The van der Waals surface area contributed by atoms with Crippen molar-refractivity contribution in [2.75, 3.05) is 20.3 Å². The van der Waals surface area contributed by atoms with Gasteiger partial charge in [-0.25, -0.2) is 0 Å². The largest absolute Gasteiger partial charge is 0.383 e. The third kappa shape index (κ3) is 4.25. The zero-order chi connectivity index (χ0) is 10.2. The van der Waals surface area contributed by atoms with Crippen molar-refractivity contribution in [1.29, 1.82) is 0 Å². The minimum absolute atomic E-state index is 0.530. The molecule has 0 aromatic rings. The Balaban J connectivity index is 2.06. The van der Waals surface area contributed by atoms with Crippen LogP contribution in [0.3, 0.4) is 0 Å². The highest BCUT2D eigenvalue weighted by atomic mass is 16.5. The standard InChI is InChI=1S/C12H23NO/c1-3-12(10-14-2)13-9-8-11-6-4-5-7-11/h6,12-13H,3-5,7-10H2,1-2H3. The predicted octanol–water partition coefficient (Wildman–Crippen LogP) is 2.50. The average Bonchev–Trinajstić information content (AvgIpc) is 2.69. The fraction of sp³-hybridized carbons (Fsp3) is 0.833. The lowest BCUT2D eigenvalue weighted by Gasteiger charge is -2.15. The van der Waals surface area contributed by atoms with Gasteiger partial charge in [0.1, 0.15) is 0 Å². The smallest absolute Gasteiger partial charge is 0.0615 e. The maximum Gasteiger partial charge on any atom is 0.0615 e. The molecule has 0 aromatic heterocycles. The highest BCUT2D eigenvalue weighted by Gasteiger charge is 2.06. The zero-order valence-electron chi connectivity index (χ0n) is 9.51. The van der Waals surface area contributed by atoms with Crippen LogP contribution in [-0.4, -0.2) is 26.3 Å². The summed E-state index contributed by atoms with van der Waals surface area (Å²) in [6, 6.07) is 0.530. The van der Waals surface area contributed by atoms with Gasteiger partial charge >= 0.3 is 0 Å². The van der Waals surface area contributed by atoms with Gasteiger partial charge in [0, 0.05) is 13.2 Å².